The van der Waals surface area contributed by atoms with Crippen molar-refractivity contribution in [1.29, 1.82) is 0 Å². The van der Waals surface area contributed by atoms with Crippen LogP contribution in [0.15, 0.2) is 30.3 Å². The van der Waals surface area contributed by atoms with Crippen LogP contribution in [0.1, 0.15) is 46.5 Å². The van der Waals surface area contributed by atoms with Gasteiger partial charge in [-0.25, -0.2) is 0 Å². The van der Waals surface area contributed by atoms with Crippen LogP contribution in [0.25, 0.3) is 0 Å². The second-order valence-electron chi connectivity index (χ2n) is 5.34. The predicted molar refractivity (Wildman–Crippen MR) is 72.9 cm³/mol. The van der Waals surface area contributed by atoms with Crippen LogP contribution in [0.4, 0.5) is 5.69 Å². The highest BCUT2D eigenvalue weighted by molar-refractivity contribution is 5.42. The molecule has 0 radical (unpaired) electrons. The van der Waals surface area contributed by atoms with Gasteiger partial charge >= 0.3 is 0 Å². The van der Waals surface area contributed by atoms with Gasteiger partial charge in [-0.05, 0) is 24.0 Å². The molecule has 0 unspecified atom stereocenters. The first kappa shape index (κ1) is 13.1. The number of para-hydroxylation sites is 1. The van der Waals surface area contributed by atoms with Gasteiger partial charge in [0.1, 0.15) is 0 Å². The molecule has 1 nitrogen and oxygen atoms in total. The van der Waals surface area contributed by atoms with Crippen LogP contribution in [0, 0.1) is 5.41 Å². The zero-order chi connectivity index (χ0) is 11.9. The molecule has 1 aromatic rings. The van der Waals surface area contributed by atoms with E-state index in [0.29, 0.717) is 5.41 Å². The summed E-state index contributed by atoms with van der Waals surface area (Å²) < 4.78 is 0. The van der Waals surface area contributed by atoms with Crippen LogP contribution in [-0.2, 0) is 0 Å². The van der Waals surface area contributed by atoms with Crippen molar-refractivity contribution in [2.24, 2.45) is 5.41 Å². The van der Waals surface area contributed by atoms with Gasteiger partial charge in [-0.2, -0.15) is 0 Å². The summed E-state index contributed by atoms with van der Waals surface area (Å²) in [5, 5.41) is 3.51. The lowest BCUT2D eigenvalue weighted by Gasteiger charge is -2.25. The van der Waals surface area contributed by atoms with Gasteiger partial charge in [0.05, 0.1) is 0 Å². The Morgan fingerprint density at radius 2 is 1.75 bits per heavy atom. The minimum atomic E-state index is 0.394. The Hall–Kier alpha value is -0.980. The van der Waals surface area contributed by atoms with Gasteiger partial charge in [0.2, 0.25) is 0 Å². The third-order valence-electron chi connectivity index (χ3n) is 3.00. The summed E-state index contributed by atoms with van der Waals surface area (Å²) in [6, 6.07) is 10.5. The van der Waals surface area contributed by atoms with E-state index in [1.165, 1.54) is 31.4 Å². The number of anilines is 1. The molecule has 0 spiro atoms. The lowest BCUT2D eigenvalue weighted by Crippen LogP contribution is -2.22. The Labute approximate surface area is 100 Å². The Balaban J connectivity index is 2.30. The van der Waals surface area contributed by atoms with Gasteiger partial charge in [0.25, 0.3) is 0 Å². The molecule has 0 saturated carbocycles. The fourth-order valence-electron chi connectivity index (χ4n) is 1.84. The van der Waals surface area contributed by atoms with Gasteiger partial charge in [-0.3, -0.25) is 0 Å². The molecule has 0 fully saturated rings. The fourth-order valence-corrected chi connectivity index (χ4v) is 1.84. The average molecular weight is 219 g/mol. The smallest absolute Gasteiger partial charge is 0.0340 e. The molecule has 0 bridgehead atoms. The minimum absolute atomic E-state index is 0.394. The molecule has 1 N–H and O–H groups in total. The predicted octanol–water partition coefficient (Wildman–Crippen LogP) is 4.71. The fraction of sp³-hybridized carbons (Fsp3) is 0.600. The number of hydrogen-bond donors (Lipinski definition) is 1. The van der Waals surface area contributed by atoms with E-state index in [9.17, 15) is 0 Å². The molecule has 0 heterocycles. The Morgan fingerprint density at radius 1 is 1.06 bits per heavy atom. The average Bonchev–Trinajstić information content (AvgIpc) is 2.28. The van der Waals surface area contributed by atoms with E-state index in [2.05, 4.69) is 56.4 Å². The van der Waals surface area contributed by atoms with E-state index in [1.54, 1.807) is 0 Å². The summed E-state index contributed by atoms with van der Waals surface area (Å²) >= 11 is 0. The largest absolute Gasteiger partial charge is 0.385 e. The summed E-state index contributed by atoms with van der Waals surface area (Å²) in [6.45, 7) is 8.01. The molecule has 1 aromatic carbocycles. The van der Waals surface area contributed by atoms with Crippen LogP contribution in [0.5, 0.6) is 0 Å². The molecule has 0 saturated heterocycles. The number of rotatable bonds is 7. The molecular formula is C15H25N. The molecule has 1 rings (SSSR count). The Kier molecular flexibility index (Phi) is 5.37. The van der Waals surface area contributed by atoms with E-state index < -0.39 is 0 Å². The normalized spacial score (nSPS) is 11.4. The van der Waals surface area contributed by atoms with Crippen molar-refractivity contribution in [2.75, 3.05) is 11.9 Å². The number of nitrogens with one attached hydrogen (secondary N) is 1. The maximum atomic E-state index is 3.51. The molecule has 1 heteroatoms. The molecule has 0 aliphatic heterocycles. The quantitative estimate of drug-likeness (QED) is 0.655. The zero-order valence-corrected chi connectivity index (χ0v) is 10.9. The first-order valence-corrected chi connectivity index (χ1v) is 6.43. The first-order valence-electron chi connectivity index (χ1n) is 6.43. The van der Waals surface area contributed by atoms with E-state index in [4.69, 9.17) is 0 Å². The van der Waals surface area contributed by atoms with Crippen molar-refractivity contribution in [1.82, 2.24) is 0 Å². The summed E-state index contributed by atoms with van der Waals surface area (Å²) in [5.41, 5.74) is 1.62. The van der Waals surface area contributed by atoms with Crippen LogP contribution >= 0.6 is 0 Å². The number of hydrogen-bond acceptors (Lipinski definition) is 1. The first-order chi connectivity index (χ1) is 7.64. The van der Waals surface area contributed by atoms with Gasteiger partial charge in [-0.15, -0.1) is 0 Å². The van der Waals surface area contributed by atoms with Crippen LogP contribution in [0.2, 0.25) is 0 Å². The highest BCUT2D eigenvalue weighted by Crippen LogP contribution is 2.24. The van der Waals surface area contributed by atoms with E-state index >= 15 is 0 Å². The molecule has 0 atom stereocenters. The van der Waals surface area contributed by atoms with E-state index in [1.807, 2.05) is 0 Å². The molecule has 0 aromatic heterocycles. The van der Waals surface area contributed by atoms with Crippen molar-refractivity contribution >= 4 is 5.69 Å². The molecule has 16 heavy (non-hydrogen) atoms. The lowest BCUT2D eigenvalue weighted by atomic mass is 9.87. The van der Waals surface area contributed by atoms with E-state index in [0.717, 1.165) is 6.54 Å². The van der Waals surface area contributed by atoms with Crippen molar-refractivity contribution in [3.63, 3.8) is 0 Å². The summed E-state index contributed by atoms with van der Waals surface area (Å²) in [6.07, 6.45) is 5.32. The molecule has 0 aliphatic rings. The van der Waals surface area contributed by atoms with E-state index in [-0.39, 0.29) is 0 Å². The maximum Gasteiger partial charge on any atom is 0.0340 e. The van der Waals surface area contributed by atoms with Crippen molar-refractivity contribution < 1.29 is 0 Å². The van der Waals surface area contributed by atoms with Crippen LogP contribution in [-0.4, -0.2) is 6.54 Å². The van der Waals surface area contributed by atoms with Gasteiger partial charge in [0.15, 0.2) is 0 Å². The SMILES string of the molecule is CCCCCC(C)(C)CNc1ccccc1. The topological polar surface area (TPSA) is 12.0 Å². The molecule has 90 valence electrons. The maximum absolute atomic E-state index is 3.51. The highest BCUT2D eigenvalue weighted by Gasteiger charge is 2.16. The number of benzene rings is 1. The van der Waals surface area contributed by atoms with Crippen molar-refractivity contribution in [3.8, 4) is 0 Å². The second-order valence-corrected chi connectivity index (χ2v) is 5.34. The number of unbranched alkanes of at least 4 members (excludes halogenated alkanes) is 2. The van der Waals surface area contributed by atoms with Crippen LogP contribution < -0.4 is 5.32 Å². The summed E-state index contributed by atoms with van der Waals surface area (Å²) in [7, 11) is 0. The van der Waals surface area contributed by atoms with Gasteiger partial charge in [0, 0.05) is 12.2 Å². The second kappa shape index (κ2) is 6.57. The molecular weight excluding hydrogens is 194 g/mol. The molecule has 0 amide bonds. The third-order valence-corrected chi connectivity index (χ3v) is 3.00. The van der Waals surface area contributed by atoms with Crippen LogP contribution in [0.3, 0.4) is 0 Å². The summed E-state index contributed by atoms with van der Waals surface area (Å²) in [4.78, 5) is 0. The highest BCUT2D eigenvalue weighted by atomic mass is 14.9. The monoisotopic (exact) mass is 219 g/mol. The standard InChI is InChI=1S/C15H25N/c1-4-5-9-12-15(2,3)13-16-14-10-7-6-8-11-14/h6-8,10-11,16H,4-5,9,12-13H2,1-3H3. The third kappa shape index (κ3) is 5.20. The lowest BCUT2D eigenvalue weighted by molar-refractivity contribution is 0.342. The summed E-state index contributed by atoms with van der Waals surface area (Å²) in [5.74, 6) is 0. The van der Waals surface area contributed by atoms with Gasteiger partial charge in [-0.1, -0.05) is 58.2 Å². The van der Waals surface area contributed by atoms with Gasteiger partial charge < -0.3 is 5.32 Å². The Bertz CT molecular complexity index is 277. The Morgan fingerprint density at radius 3 is 2.38 bits per heavy atom. The van der Waals surface area contributed by atoms with Crippen molar-refractivity contribution in [2.45, 2.75) is 46.5 Å². The van der Waals surface area contributed by atoms with Crippen molar-refractivity contribution in [3.05, 3.63) is 30.3 Å². The zero-order valence-electron chi connectivity index (χ0n) is 10.9. The molecule has 0 aliphatic carbocycles. The minimum Gasteiger partial charge on any atom is -0.385 e.